The van der Waals surface area contributed by atoms with Gasteiger partial charge in [-0.25, -0.2) is 4.79 Å². The van der Waals surface area contributed by atoms with Crippen molar-refractivity contribution in [2.45, 2.75) is 62.8 Å². The minimum atomic E-state index is -0.895. The van der Waals surface area contributed by atoms with Crippen LogP contribution in [0.1, 0.15) is 46.0 Å². The van der Waals surface area contributed by atoms with E-state index in [2.05, 4.69) is 6.58 Å². The van der Waals surface area contributed by atoms with Gasteiger partial charge in [-0.3, -0.25) is 0 Å². The van der Waals surface area contributed by atoms with Gasteiger partial charge in [0.15, 0.2) is 0 Å². The van der Waals surface area contributed by atoms with Crippen LogP contribution in [0.3, 0.4) is 0 Å². The summed E-state index contributed by atoms with van der Waals surface area (Å²) in [6.07, 6.45) is 3.31. The van der Waals surface area contributed by atoms with Crippen LogP contribution in [0.2, 0.25) is 0 Å². The van der Waals surface area contributed by atoms with Gasteiger partial charge in [0.05, 0.1) is 11.2 Å². The summed E-state index contributed by atoms with van der Waals surface area (Å²) >= 11 is 0. The van der Waals surface area contributed by atoms with E-state index in [1.54, 1.807) is 6.92 Å². The fourth-order valence-electron chi connectivity index (χ4n) is 5.95. The van der Waals surface area contributed by atoms with Gasteiger partial charge in [-0.05, 0) is 38.5 Å². The number of ether oxygens (including phenoxy) is 1. The predicted octanol–water partition coefficient (Wildman–Crippen LogP) is 1.55. The van der Waals surface area contributed by atoms with Gasteiger partial charge in [0.1, 0.15) is 5.60 Å². The third-order valence-corrected chi connectivity index (χ3v) is 6.96. The molecule has 0 aliphatic heterocycles. The molecule has 20 heavy (non-hydrogen) atoms. The van der Waals surface area contributed by atoms with Crippen molar-refractivity contribution in [3.63, 3.8) is 0 Å². The van der Waals surface area contributed by atoms with E-state index in [9.17, 15) is 15.0 Å². The number of esters is 1. The van der Waals surface area contributed by atoms with Crippen molar-refractivity contribution in [1.29, 1.82) is 0 Å². The zero-order valence-corrected chi connectivity index (χ0v) is 12.1. The Hall–Kier alpha value is -0.870. The molecular formula is C16H22O4. The third kappa shape index (κ3) is 1.12. The summed E-state index contributed by atoms with van der Waals surface area (Å²) in [5.74, 6) is -0.127. The van der Waals surface area contributed by atoms with E-state index in [1.807, 2.05) is 6.92 Å². The molecule has 4 nitrogen and oxygen atoms in total. The van der Waals surface area contributed by atoms with Gasteiger partial charge in [0.2, 0.25) is 0 Å². The molecule has 0 radical (unpaired) electrons. The lowest BCUT2D eigenvalue weighted by Crippen LogP contribution is -2.58. The van der Waals surface area contributed by atoms with E-state index in [-0.39, 0.29) is 17.3 Å². The van der Waals surface area contributed by atoms with Crippen molar-refractivity contribution in [2.24, 2.45) is 17.3 Å². The SMILES string of the molecule is C=C(C)C(=O)OC12CC3CC4(O)CC(O)(CC34C1)C2C. The highest BCUT2D eigenvalue weighted by atomic mass is 16.6. The Morgan fingerprint density at radius 2 is 1.95 bits per heavy atom. The van der Waals surface area contributed by atoms with Crippen LogP contribution < -0.4 is 0 Å². The topological polar surface area (TPSA) is 66.8 Å². The molecule has 2 N–H and O–H groups in total. The molecule has 6 atom stereocenters. The maximum absolute atomic E-state index is 12.0. The van der Waals surface area contributed by atoms with Crippen LogP contribution in [0.5, 0.6) is 0 Å². The van der Waals surface area contributed by atoms with Crippen LogP contribution in [0, 0.1) is 17.3 Å². The molecule has 4 fully saturated rings. The molecule has 110 valence electrons. The summed E-state index contributed by atoms with van der Waals surface area (Å²) < 4.78 is 5.82. The second-order valence-corrected chi connectivity index (χ2v) is 7.88. The number of fused-ring (bicyclic) bond motifs is 2. The van der Waals surface area contributed by atoms with E-state index in [0.717, 1.165) is 12.8 Å². The summed E-state index contributed by atoms with van der Waals surface area (Å²) in [5.41, 5.74) is -2.08. The normalized spacial score (nSPS) is 58.2. The molecule has 4 aliphatic carbocycles. The van der Waals surface area contributed by atoms with Crippen LogP contribution in [-0.2, 0) is 9.53 Å². The van der Waals surface area contributed by atoms with Gasteiger partial charge in [0, 0.05) is 23.3 Å². The van der Waals surface area contributed by atoms with Crippen LogP contribution in [0.15, 0.2) is 12.2 Å². The lowest BCUT2D eigenvalue weighted by Gasteiger charge is -2.55. The van der Waals surface area contributed by atoms with Crippen LogP contribution in [-0.4, -0.2) is 33.0 Å². The Balaban J connectivity index is 1.77. The average Bonchev–Trinajstić information content (AvgIpc) is 2.65. The fourth-order valence-corrected chi connectivity index (χ4v) is 5.95. The molecular weight excluding hydrogens is 256 g/mol. The molecule has 4 saturated carbocycles. The summed E-state index contributed by atoms with van der Waals surface area (Å²) in [6, 6.07) is 0. The highest BCUT2D eigenvalue weighted by molar-refractivity contribution is 5.87. The molecule has 4 heteroatoms. The quantitative estimate of drug-likeness (QED) is 0.594. The lowest BCUT2D eigenvalue weighted by atomic mass is 9.52. The standard InChI is InChI=1S/C16H22O4/c1-9(2)12(17)20-15-4-11-5-16(19)8-14(18,10(15)3)6-13(11,16)7-15/h10-11,18-19H,1,4-8H2,2-3H3. The molecule has 0 aromatic rings. The van der Waals surface area contributed by atoms with Gasteiger partial charge in [-0.1, -0.05) is 13.5 Å². The van der Waals surface area contributed by atoms with Crippen LogP contribution in [0.25, 0.3) is 0 Å². The third-order valence-electron chi connectivity index (χ3n) is 6.96. The monoisotopic (exact) mass is 278 g/mol. The predicted molar refractivity (Wildman–Crippen MR) is 71.7 cm³/mol. The van der Waals surface area contributed by atoms with E-state index in [0.29, 0.717) is 30.8 Å². The van der Waals surface area contributed by atoms with Crippen LogP contribution in [0.4, 0.5) is 0 Å². The first kappa shape index (κ1) is 12.8. The average molecular weight is 278 g/mol. The first-order valence-corrected chi connectivity index (χ1v) is 7.50. The number of rotatable bonds is 2. The van der Waals surface area contributed by atoms with Gasteiger partial charge in [-0.2, -0.15) is 0 Å². The zero-order chi connectivity index (χ0) is 14.6. The summed E-state index contributed by atoms with van der Waals surface area (Å²) in [7, 11) is 0. The molecule has 0 aromatic carbocycles. The van der Waals surface area contributed by atoms with Crippen molar-refractivity contribution in [1.82, 2.24) is 0 Å². The Morgan fingerprint density at radius 3 is 2.60 bits per heavy atom. The van der Waals surface area contributed by atoms with E-state index < -0.39 is 16.8 Å². The van der Waals surface area contributed by atoms with Crippen molar-refractivity contribution in [2.75, 3.05) is 0 Å². The second-order valence-electron chi connectivity index (χ2n) is 7.88. The Bertz CT molecular complexity index is 543. The molecule has 4 aliphatic rings. The largest absolute Gasteiger partial charge is 0.455 e. The number of hydrogen-bond acceptors (Lipinski definition) is 4. The number of carbonyl (C=O) groups is 1. The van der Waals surface area contributed by atoms with E-state index in [1.165, 1.54) is 0 Å². The highest BCUT2D eigenvalue weighted by Gasteiger charge is 2.84. The van der Waals surface area contributed by atoms with Crippen LogP contribution >= 0.6 is 0 Å². The molecule has 3 bridgehead atoms. The van der Waals surface area contributed by atoms with Crippen molar-refractivity contribution in [3.8, 4) is 0 Å². The Kier molecular flexibility index (Phi) is 2.02. The Morgan fingerprint density at radius 1 is 1.25 bits per heavy atom. The molecule has 0 heterocycles. The van der Waals surface area contributed by atoms with Crippen molar-refractivity contribution in [3.05, 3.63) is 12.2 Å². The summed E-state index contributed by atoms with van der Waals surface area (Å²) in [6.45, 7) is 7.26. The molecule has 0 saturated heterocycles. The number of aliphatic hydroxyl groups is 2. The van der Waals surface area contributed by atoms with Gasteiger partial charge >= 0.3 is 5.97 Å². The minimum absolute atomic E-state index is 0.134. The molecule has 6 unspecified atom stereocenters. The lowest BCUT2D eigenvalue weighted by molar-refractivity contribution is -0.188. The maximum atomic E-state index is 12.0. The smallest absolute Gasteiger partial charge is 0.333 e. The maximum Gasteiger partial charge on any atom is 0.333 e. The van der Waals surface area contributed by atoms with Gasteiger partial charge < -0.3 is 14.9 Å². The molecule has 0 aromatic heterocycles. The second kappa shape index (κ2) is 3.14. The fraction of sp³-hybridized carbons (Fsp3) is 0.812. The molecule has 4 rings (SSSR count). The van der Waals surface area contributed by atoms with Gasteiger partial charge in [-0.15, -0.1) is 0 Å². The molecule has 1 spiro atoms. The number of hydrogen-bond donors (Lipinski definition) is 2. The van der Waals surface area contributed by atoms with Gasteiger partial charge in [0.25, 0.3) is 0 Å². The van der Waals surface area contributed by atoms with E-state index >= 15 is 0 Å². The zero-order valence-electron chi connectivity index (χ0n) is 12.1. The molecule has 0 amide bonds. The van der Waals surface area contributed by atoms with E-state index in [4.69, 9.17) is 4.74 Å². The number of carbonyl (C=O) groups excluding carboxylic acids is 1. The minimum Gasteiger partial charge on any atom is -0.455 e. The highest BCUT2D eigenvalue weighted by Crippen LogP contribution is 2.80. The first-order chi connectivity index (χ1) is 9.17. The Labute approximate surface area is 118 Å². The van der Waals surface area contributed by atoms with Crippen molar-refractivity contribution >= 4 is 5.97 Å². The summed E-state index contributed by atoms with van der Waals surface area (Å²) in [5, 5.41) is 21.8. The first-order valence-electron chi connectivity index (χ1n) is 7.50. The van der Waals surface area contributed by atoms with Crippen molar-refractivity contribution < 1.29 is 19.7 Å². The summed E-state index contributed by atoms with van der Waals surface area (Å²) in [4.78, 5) is 12.0.